The Morgan fingerprint density at radius 1 is 1.50 bits per heavy atom. The van der Waals surface area contributed by atoms with Crippen LogP contribution in [0.3, 0.4) is 0 Å². The minimum Gasteiger partial charge on any atom is -0.381 e. The highest BCUT2D eigenvalue weighted by molar-refractivity contribution is 7.15. The second kappa shape index (κ2) is 5.12. The summed E-state index contributed by atoms with van der Waals surface area (Å²) in [7, 11) is 5.62. The summed E-state index contributed by atoms with van der Waals surface area (Å²) in [6, 6.07) is 0. The number of nitrogens with zero attached hydrogens (tertiary/aromatic N) is 2. The molecule has 0 aromatic carbocycles. The highest BCUT2D eigenvalue weighted by Gasteiger charge is 2.13. The maximum Gasteiger partial charge on any atom is 0.207 e. The quantitative estimate of drug-likeness (QED) is 0.646. The molecule has 4 nitrogen and oxygen atoms in total. The van der Waals surface area contributed by atoms with Crippen molar-refractivity contribution in [1.82, 2.24) is 9.88 Å². The van der Waals surface area contributed by atoms with Gasteiger partial charge in [0.2, 0.25) is 5.78 Å². The van der Waals surface area contributed by atoms with E-state index in [9.17, 15) is 4.79 Å². The zero-order valence-electron chi connectivity index (χ0n) is 10.3. The van der Waals surface area contributed by atoms with Crippen molar-refractivity contribution in [1.29, 1.82) is 0 Å². The lowest BCUT2D eigenvalue weighted by Crippen LogP contribution is -2.10. The van der Waals surface area contributed by atoms with Gasteiger partial charge >= 0.3 is 0 Å². The summed E-state index contributed by atoms with van der Waals surface area (Å²) in [6.07, 6.45) is 1.61. The third-order valence-corrected chi connectivity index (χ3v) is 3.28. The van der Waals surface area contributed by atoms with Gasteiger partial charge in [-0.1, -0.05) is 0 Å². The van der Waals surface area contributed by atoms with Crippen LogP contribution in [0, 0.1) is 6.92 Å². The van der Waals surface area contributed by atoms with Crippen LogP contribution in [0.1, 0.15) is 22.3 Å². The molecule has 0 atom stereocenters. The molecule has 0 unspecified atom stereocenters. The topological polar surface area (TPSA) is 45.2 Å². The maximum absolute atomic E-state index is 11.9. The fourth-order valence-corrected chi connectivity index (χ4v) is 1.89. The second-order valence-electron chi connectivity index (χ2n) is 3.72. The largest absolute Gasteiger partial charge is 0.381 e. The Morgan fingerprint density at radius 3 is 2.56 bits per heavy atom. The average Bonchev–Trinajstić information content (AvgIpc) is 2.59. The van der Waals surface area contributed by atoms with Crippen LogP contribution in [0.15, 0.2) is 11.8 Å². The molecule has 0 saturated carbocycles. The highest BCUT2D eigenvalue weighted by atomic mass is 32.1. The predicted molar refractivity (Wildman–Crippen MR) is 68.2 cm³/mol. The second-order valence-corrected chi connectivity index (χ2v) is 4.92. The highest BCUT2D eigenvalue weighted by Crippen LogP contribution is 2.22. The number of allylic oxidation sites excluding steroid dienone is 2. The number of carbonyl (C=O) groups excluding carboxylic acids is 1. The molecule has 1 N–H and O–H groups in total. The van der Waals surface area contributed by atoms with Crippen molar-refractivity contribution in [3.05, 3.63) is 22.3 Å². The molecule has 0 radical (unpaired) electrons. The van der Waals surface area contributed by atoms with Crippen LogP contribution in [0.4, 0.5) is 5.13 Å². The lowest BCUT2D eigenvalue weighted by atomic mass is 10.2. The lowest BCUT2D eigenvalue weighted by Gasteiger charge is -2.11. The summed E-state index contributed by atoms with van der Waals surface area (Å²) in [5, 5.41) is 3.72. The Kier molecular flexibility index (Phi) is 4.06. The molecule has 0 fully saturated rings. The first kappa shape index (κ1) is 12.7. The minimum atomic E-state index is -0.0403. The molecular formula is C11H17N3OS. The molecule has 0 saturated heterocycles. The fraction of sp³-hybridized carbons (Fsp3) is 0.455. The zero-order valence-corrected chi connectivity index (χ0v) is 11.1. The van der Waals surface area contributed by atoms with E-state index >= 15 is 0 Å². The minimum absolute atomic E-state index is 0.0403. The van der Waals surface area contributed by atoms with Crippen LogP contribution in [0.25, 0.3) is 0 Å². The third-order valence-electron chi connectivity index (χ3n) is 2.29. The summed E-state index contributed by atoms with van der Waals surface area (Å²) in [5.41, 5.74) is 1.46. The number of anilines is 1. The number of carbonyl (C=O) groups is 1. The van der Waals surface area contributed by atoms with Crippen molar-refractivity contribution in [3.63, 3.8) is 0 Å². The monoisotopic (exact) mass is 239 g/mol. The van der Waals surface area contributed by atoms with Gasteiger partial charge in [0.15, 0.2) is 5.13 Å². The van der Waals surface area contributed by atoms with Crippen molar-refractivity contribution in [2.24, 2.45) is 0 Å². The van der Waals surface area contributed by atoms with E-state index in [2.05, 4.69) is 10.3 Å². The number of thiazole rings is 1. The van der Waals surface area contributed by atoms with Gasteiger partial charge in [0.25, 0.3) is 0 Å². The van der Waals surface area contributed by atoms with Crippen molar-refractivity contribution >= 4 is 22.3 Å². The molecule has 1 aromatic heterocycles. The van der Waals surface area contributed by atoms with E-state index in [-0.39, 0.29) is 5.78 Å². The first-order valence-electron chi connectivity index (χ1n) is 5.00. The van der Waals surface area contributed by atoms with E-state index in [1.54, 1.807) is 13.1 Å². The van der Waals surface area contributed by atoms with Crippen LogP contribution in [-0.4, -0.2) is 36.8 Å². The van der Waals surface area contributed by atoms with E-state index < -0.39 is 0 Å². The molecule has 0 spiro atoms. The van der Waals surface area contributed by atoms with E-state index in [4.69, 9.17) is 0 Å². The number of rotatable bonds is 4. The van der Waals surface area contributed by atoms with Crippen molar-refractivity contribution in [3.8, 4) is 0 Å². The van der Waals surface area contributed by atoms with Gasteiger partial charge in [0.1, 0.15) is 5.69 Å². The molecule has 1 aromatic rings. The third kappa shape index (κ3) is 2.82. The Labute approximate surface area is 100.0 Å². The van der Waals surface area contributed by atoms with Gasteiger partial charge in [0.05, 0.1) is 0 Å². The SMILES string of the molecule is CNc1nc(C(=O)/C=C(\C)N(C)C)c(C)s1. The molecule has 1 rings (SSSR count). The molecule has 16 heavy (non-hydrogen) atoms. The molecule has 0 bridgehead atoms. The number of hydrogen-bond donors (Lipinski definition) is 1. The van der Waals surface area contributed by atoms with Gasteiger partial charge in [-0.3, -0.25) is 4.79 Å². The van der Waals surface area contributed by atoms with Crippen molar-refractivity contribution in [2.45, 2.75) is 13.8 Å². The molecule has 0 amide bonds. The van der Waals surface area contributed by atoms with Crippen LogP contribution in [0.2, 0.25) is 0 Å². The van der Waals surface area contributed by atoms with Crippen molar-refractivity contribution < 1.29 is 4.79 Å². The van der Waals surface area contributed by atoms with Gasteiger partial charge in [0, 0.05) is 37.8 Å². The molecule has 0 aliphatic heterocycles. The molecular weight excluding hydrogens is 222 g/mol. The zero-order chi connectivity index (χ0) is 12.3. The summed E-state index contributed by atoms with van der Waals surface area (Å²) in [5.74, 6) is -0.0403. The predicted octanol–water partition coefficient (Wildman–Crippen LogP) is 2.14. The van der Waals surface area contributed by atoms with Crippen LogP contribution < -0.4 is 5.32 Å². The molecule has 1 heterocycles. The Morgan fingerprint density at radius 2 is 2.12 bits per heavy atom. The van der Waals surface area contributed by atoms with E-state index in [0.717, 1.165) is 15.7 Å². The number of aryl methyl sites for hydroxylation is 1. The van der Waals surface area contributed by atoms with Gasteiger partial charge in [-0.25, -0.2) is 4.98 Å². The van der Waals surface area contributed by atoms with Gasteiger partial charge in [-0.15, -0.1) is 11.3 Å². The summed E-state index contributed by atoms with van der Waals surface area (Å²) in [6.45, 7) is 3.81. The van der Waals surface area contributed by atoms with Crippen LogP contribution >= 0.6 is 11.3 Å². The summed E-state index contributed by atoms with van der Waals surface area (Å²) in [4.78, 5) is 19.0. The number of aromatic nitrogens is 1. The van der Waals surface area contributed by atoms with E-state index in [1.165, 1.54) is 11.3 Å². The molecule has 88 valence electrons. The fourth-order valence-electron chi connectivity index (χ4n) is 1.12. The van der Waals surface area contributed by atoms with Crippen molar-refractivity contribution in [2.75, 3.05) is 26.5 Å². The van der Waals surface area contributed by atoms with Gasteiger partial charge in [-0.2, -0.15) is 0 Å². The standard InChI is InChI=1S/C11H17N3OS/c1-7(14(4)5)6-9(15)10-8(2)16-11(12-3)13-10/h6H,1-5H3,(H,12,13)/b7-6+. The van der Waals surface area contributed by atoms with Crippen LogP contribution in [0.5, 0.6) is 0 Å². The average molecular weight is 239 g/mol. The normalized spacial score (nSPS) is 11.4. The molecule has 0 aliphatic rings. The van der Waals surface area contributed by atoms with E-state index in [1.807, 2.05) is 32.8 Å². The number of hydrogen-bond acceptors (Lipinski definition) is 5. The summed E-state index contributed by atoms with van der Waals surface area (Å²) >= 11 is 1.49. The van der Waals surface area contributed by atoms with E-state index in [0.29, 0.717) is 5.69 Å². The maximum atomic E-state index is 11.9. The number of nitrogens with one attached hydrogen (secondary N) is 1. The first-order valence-corrected chi connectivity index (χ1v) is 5.82. The molecule has 5 heteroatoms. The Balaban J connectivity index is 2.97. The van der Waals surface area contributed by atoms with Crippen LogP contribution in [-0.2, 0) is 0 Å². The Hall–Kier alpha value is -1.36. The Bertz CT molecular complexity index is 421. The smallest absolute Gasteiger partial charge is 0.207 e. The summed E-state index contributed by atoms with van der Waals surface area (Å²) < 4.78 is 0. The van der Waals surface area contributed by atoms with Gasteiger partial charge < -0.3 is 10.2 Å². The lowest BCUT2D eigenvalue weighted by molar-refractivity contribution is 0.104. The van der Waals surface area contributed by atoms with Gasteiger partial charge in [-0.05, 0) is 13.8 Å². The molecule has 0 aliphatic carbocycles. The first-order chi connectivity index (χ1) is 7.45. The number of ketones is 1.